The molecule has 0 unspecified atom stereocenters. The summed E-state index contributed by atoms with van der Waals surface area (Å²) in [5.41, 5.74) is 7.75. The van der Waals surface area contributed by atoms with Gasteiger partial charge in [-0.25, -0.2) is 0 Å². The highest BCUT2D eigenvalue weighted by Gasteiger charge is 2.03. The lowest BCUT2D eigenvalue weighted by Crippen LogP contribution is -2.29. The molecule has 1 nitrogen and oxygen atoms in total. The van der Waals surface area contributed by atoms with Gasteiger partial charge in [-0.2, -0.15) is 0 Å². The molecule has 0 atom stereocenters. The van der Waals surface area contributed by atoms with E-state index in [2.05, 4.69) is 27.0 Å². The van der Waals surface area contributed by atoms with E-state index in [1.165, 1.54) is 0 Å². The molecule has 0 aliphatic heterocycles. The standard InChI is InChI=1S/C13H17N/c1-9(2)11(4)13(14)12-8-6-5-7-10(12)3/h5-9H,3-4,14H2,1-2H3/b13-12+. The molecule has 0 bridgehead atoms. The van der Waals surface area contributed by atoms with Gasteiger partial charge in [0.25, 0.3) is 0 Å². The van der Waals surface area contributed by atoms with Crippen LogP contribution in [0.3, 0.4) is 0 Å². The first-order valence-corrected chi connectivity index (χ1v) is 4.77. The van der Waals surface area contributed by atoms with E-state index < -0.39 is 0 Å². The second-order valence-corrected chi connectivity index (χ2v) is 3.75. The van der Waals surface area contributed by atoms with Gasteiger partial charge in [-0.1, -0.05) is 51.3 Å². The van der Waals surface area contributed by atoms with Crippen molar-refractivity contribution in [3.05, 3.63) is 46.9 Å². The van der Waals surface area contributed by atoms with Crippen molar-refractivity contribution in [2.45, 2.75) is 13.8 Å². The minimum absolute atomic E-state index is 0.370. The van der Waals surface area contributed by atoms with Crippen molar-refractivity contribution < 1.29 is 0 Å². The van der Waals surface area contributed by atoms with Crippen LogP contribution < -0.4 is 16.2 Å². The largest absolute Gasteiger partial charge is 0.398 e. The summed E-state index contributed by atoms with van der Waals surface area (Å²) in [6.45, 7) is 12.1. The zero-order chi connectivity index (χ0) is 10.7. The molecule has 0 saturated heterocycles. The number of hydrogen-bond acceptors (Lipinski definition) is 1. The van der Waals surface area contributed by atoms with Crippen LogP contribution in [0.25, 0.3) is 12.3 Å². The third-order valence-corrected chi connectivity index (χ3v) is 2.35. The van der Waals surface area contributed by atoms with Crippen LogP contribution in [0.15, 0.2) is 36.4 Å². The molecule has 0 heterocycles. The summed E-state index contributed by atoms with van der Waals surface area (Å²) in [4.78, 5) is 0. The molecule has 1 rings (SSSR count). The fraction of sp³-hybridized carbons (Fsp3) is 0.231. The summed E-state index contributed by atoms with van der Waals surface area (Å²) >= 11 is 0. The van der Waals surface area contributed by atoms with Gasteiger partial charge in [-0.05, 0) is 16.7 Å². The Labute approximate surface area is 85.3 Å². The minimum Gasteiger partial charge on any atom is -0.398 e. The van der Waals surface area contributed by atoms with Crippen molar-refractivity contribution in [1.82, 2.24) is 0 Å². The lowest BCUT2D eigenvalue weighted by molar-refractivity contribution is 0.796. The maximum atomic E-state index is 6.02. The fourth-order valence-corrected chi connectivity index (χ4v) is 1.27. The van der Waals surface area contributed by atoms with Crippen molar-refractivity contribution >= 4 is 12.3 Å². The predicted octanol–water partition coefficient (Wildman–Crippen LogP) is 1.38. The SMILES string of the molecule is C=C(/C(N)=c1/ccccc1=C)C(C)C. The molecule has 0 aliphatic carbocycles. The molecule has 0 radical (unpaired) electrons. The van der Waals surface area contributed by atoms with Gasteiger partial charge in [0, 0.05) is 10.9 Å². The zero-order valence-corrected chi connectivity index (χ0v) is 8.88. The van der Waals surface area contributed by atoms with E-state index in [1.54, 1.807) is 0 Å². The van der Waals surface area contributed by atoms with Crippen LogP contribution in [-0.4, -0.2) is 0 Å². The molecule has 1 aromatic rings. The lowest BCUT2D eigenvalue weighted by atomic mass is 10.0. The van der Waals surface area contributed by atoms with Crippen LogP contribution in [0.4, 0.5) is 0 Å². The first-order valence-electron chi connectivity index (χ1n) is 4.77. The molecule has 0 aromatic heterocycles. The van der Waals surface area contributed by atoms with Crippen LogP contribution >= 0.6 is 0 Å². The molecule has 0 fully saturated rings. The average molecular weight is 187 g/mol. The Morgan fingerprint density at radius 1 is 1.29 bits per heavy atom. The van der Waals surface area contributed by atoms with Gasteiger partial charge in [0.15, 0.2) is 0 Å². The Balaban J connectivity index is 3.39. The maximum Gasteiger partial charge on any atom is 0.0422 e. The van der Waals surface area contributed by atoms with E-state index in [4.69, 9.17) is 5.73 Å². The molecule has 1 aromatic carbocycles. The molecule has 0 amide bonds. The number of hydrogen-bond donors (Lipinski definition) is 1. The number of nitrogens with two attached hydrogens (primary N) is 1. The van der Waals surface area contributed by atoms with E-state index in [0.29, 0.717) is 5.92 Å². The highest BCUT2D eigenvalue weighted by Crippen LogP contribution is 2.11. The van der Waals surface area contributed by atoms with Crippen molar-refractivity contribution in [2.75, 3.05) is 0 Å². The third kappa shape index (κ3) is 2.05. The van der Waals surface area contributed by atoms with E-state index in [-0.39, 0.29) is 0 Å². The van der Waals surface area contributed by atoms with E-state index in [9.17, 15) is 0 Å². The van der Waals surface area contributed by atoms with E-state index in [1.807, 2.05) is 24.3 Å². The highest BCUT2D eigenvalue weighted by molar-refractivity contribution is 5.60. The predicted molar refractivity (Wildman–Crippen MR) is 62.8 cm³/mol. The first-order chi connectivity index (χ1) is 6.54. The maximum absolute atomic E-state index is 6.02. The van der Waals surface area contributed by atoms with Gasteiger partial charge in [0.2, 0.25) is 0 Å². The van der Waals surface area contributed by atoms with E-state index >= 15 is 0 Å². The molecule has 74 valence electrons. The van der Waals surface area contributed by atoms with Crippen LogP contribution in [0.5, 0.6) is 0 Å². The summed E-state index contributed by atoms with van der Waals surface area (Å²) in [5, 5.41) is 1.94. The van der Waals surface area contributed by atoms with Crippen LogP contribution in [0.1, 0.15) is 13.8 Å². The minimum atomic E-state index is 0.370. The second kappa shape index (κ2) is 4.14. The lowest BCUT2D eigenvalue weighted by Gasteiger charge is -2.09. The third-order valence-electron chi connectivity index (χ3n) is 2.35. The van der Waals surface area contributed by atoms with E-state index in [0.717, 1.165) is 21.7 Å². The Morgan fingerprint density at radius 3 is 2.36 bits per heavy atom. The van der Waals surface area contributed by atoms with Gasteiger partial charge in [0.05, 0.1) is 0 Å². The fourth-order valence-electron chi connectivity index (χ4n) is 1.27. The Morgan fingerprint density at radius 2 is 1.86 bits per heavy atom. The summed E-state index contributed by atoms with van der Waals surface area (Å²) in [6, 6.07) is 7.85. The summed E-state index contributed by atoms with van der Waals surface area (Å²) in [7, 11) is 0. The van der Waals surface area contributed by atoms with Gasteiger partial charge >= 0.3 is 0 Å². The van der Waals surface area contributed by atoms with Crippen LogP contribution in [0, 0.1) is 5.92 Å². The van der Waals surface area contributed by atoms with Gasteiger partial charge in [0.1, 0.15) is 0 Å². The van der Waals surface area contributed by atoms with Crippen molar-refractivity contribution in [3.8, 4) is 0 Å². The smallest absolute Gasteiger partial charge is 0.0422 e. The van der Waals surface area contributed by atoms with Gasteiger partial charge in [-0.15, -0.1) is 0 Å². The van der Waals surface area contributed by atoms with Crippen molar-refractivity contribution in [1.29, 1.82) is 0 Å². The van der Waals surface area contributed by atoms with Gasteiger partial charge < -0.3 is 5.73 Å². The average Bonchev–Trinajstić information content (AvgIpc) is 2.16. The Hall–Kier alpha value is -1.50. The molecule has 14 heavy (non-hydrogen) atoms. The van der Waals surface area contributed by atoms with Gasteiger partial charge in [-0.3, -0.25) is 0 Å². The van der Waals surface area contributed by atoms with Crippen molar-refractivity contribution in [2.24, 2.45) is 11.7 Å². The monoisotopic (exact) mass is 187 g/mol. The number of rotatable bonds is 2. The number of benzene rings is 1. The molecule has 2 N–H and O–H groups in total. The summed E-state index contributed by atoms with van der Waals surface area (Å²) in [6.07, 6.45) is 0. The quantitative estimate of drug-likeness (QED) is 0.743. The molecule has 0 saturated carbocycles. The summed E-state index contributed by atoms with van der Waals surface area (Å²) in [5.74, 6) is 0.370. The summed E-state index contributed by atoms with van der Waals surface area (Å²) < 4.78 is 0. The molecule has 0 aliphatic rings. The first kappa shape index (κ1) is 10.6. The molecule has 1 heteroatoms. The Kier molecular flexibility index (Phi) is 3.13. The topological polar surface area (TPSA) is 26.0 Å². The normalized spacial score (nSPS) is 12.8. The zero-order valence-electron chi connectivity index (χ0n) is 8.88. The molecular formula is C13H17N. The van der Waals surface area contributed by atoms with Crippen LogP contribution in [-0.2, 0) is 0 Å². The van der Waals surface area contributed by atoms with Crippen molar-refractivity contribution in [3.63, 3.8) is 0 Å². The molecular weight excluding hydrogens is 170 g/mol. The highest BCUT2D eigenvalue weighted by atomic mass is 14.6. The second-order valence-electron chi connectivity index (χ2n) is 3.75. The van der Waals surface area contributed by atoms with Crippen LogP contribution in [0.2, 0.25) is 0 Å². The molecule has 0 spiro atoms. The Bertz CT molecular complexity index is 441.